The van der Waals surface area contributed by atoms with E-state index in [4.69, 9.17) is 5.73 Å². The van der Waals surface area contributed by atoms with Crippen LogP contribution < -0.4 is 5.73 Å². The summed E-state index contributed by atoms with van der Waals surface area (Å²) in [5, 5.41) is 0. The Kier molecular flexibility index (Phi) is 3.33. The molecule has 0 fully saturated rings. The first-order valence-electron chi connectivity index (χ1n) is 2.30. The normalized spacial score (nSPS) is 12.7. The number of hydrogen-bond donors (Lipinski definition) is 1. The molecule has 0 aromatic rings. The fourth-order valence-corrected chi connectivity index (χ4v) is 0.289. The van der Waals surface area contributed by atoms with Crippen LogP contribution in [-0.4, -0.2) is 6.04 Å². The fraction of sp³-hybridized carbons (Fsp3) is 0.333. The molecule has 1 atom stereocenters. The van der Waals surface area contributed by atoms with Crippen LogP contribution in [0.15, 0.2) is 25.3 Å². The molecule has 0 aliphatic carbocycles. The Morgan fingerprint density at radius 3 is 2.29 bits per heavy atom. The first kappa shape index (κ1) is 6.44. The largest absolute Gasteiger partial charge is 0.324 e. The third-order valence-electron chi connectivity index (χ3n) is 0.742. The highest BCUT2D eigenvalue weighted by Crippen LogP contribution is 1.86. The Morgan fingerprint density at radius 2 is 2.14 bits per heavy atom. The van der Waals surface area contributed by atoms with Gasteiger partial charge in [0.1, 0.15) is 0 Å². The van der Waals surface area contributed by atoms with E-state index in [9.17, 15) is 0 Å². The van der Waals surface area contributed by atoms with Crippen LogP contribution in [0.1, 0.15) is 6.42 Å². The Bertz CT molecular complexity index is 66.6. The molecule has 0 aromatic carbocycles. The maximum Gasteiger partial charge on any atom is 0.0256 e. The van der Waals surface area contributed by atoms with Crippen molar-refractivity contribution in [2.75, 3.05) is 0 Å². The Morgan fingerprint density at radius 1 is 1.57 bits per heavy atom. The van der Waals surface area contributed by atoms with Gasteiger partial charge in [0.2, 0.25) is 0 Å². The highest BCUT2D eigenvalue weighted by atomic mass is 14.6. The molecule has 0 heterocycles. The van der Waals surface area contributed by atoms with Crippen LogP contribution in [0.3, 0.4) is 0 Å². The average Bonchev–Trinajstić information content (AvgIpc) is 1.68. The summed E-state index contributed by atoms with van der Waals surface area (Å²) in [6, 6.07) is 0.0949. The van der Waals surface area contributed by atoms with Crippen LogP contribution in [0.2, 0.25) is 0 Å². The van der Waals surface area contributed by atoms with Gasteiger partial charge in [0, 0.05) is 6.04 Å². The lowest BCUT2D eigenvalue weighted by atomic mass is 10.2. The van der Waals surface area contributed by atoms with E-state index in [0.29, 0.717) is 0 Å². The quantitative estimate of drug-likeness (QED) is 0.524. The van der Waals surface area contributed by atoms with Gasteiger partial charge in [-0.15, -0.1) is 13.2 Å². The lowest BCUT2D eigenvalue weighted by Gasteiger charge is -1.96. The molecule has 0 spiro atoms. The lowest BCUT2D eigenvalue weighted by molar-refractivity contribution is 0.838. The molecule has 7 heavy (non-hydrogen) atoms. The Labute approximate surface area is 44.5 Å². The summed E-state index contributed by atoms with van der Waals surface area (Å²) in [5.74, 6) is 0. The topological polar surface area (TPSA) is 26.0 Å². The van der Waals surface area contributed by atoms with Gasteiger partial charge in [0.05, 0.1) is 0 Å². The minimum absolute atomic E-state index is 0.0949. The summed E-state index contributed by atoms with van der Waals surface area (Å²) in [7, 11) is 0. The summed E-state index contributed by atoms with van der Waals surface area (Å²) in [4.78, 5) is 0. The molecule has 0 saturated carbocycles. The third kappa shape index (κ3) is 3.27. The summed E-state index contributed by atoms with van der Waals surface area (Å²) in [5.41, 5.74) is 5.39. The van der Waals surface area contributed by atoms with Crippen molar-refractivity contribution in [3.63, 3.8) is 0 Å². The first-order chi connectivity index (χ1) is 3.31. The number of nitrogens with two attached hydrogens (primary N) is 1. The first-order valence-corrected chi connectivity index (χ1v) is 2.30. The van der Waals surface area contributed by atoms with Gasteiger partial charge in [0.25, 0.3) is 0 Å². The Hall–Kier alpha value is -0.560. The molecule has 1 heteroatoms. The van der Waals surface area contributed by atoms with Crippen molar-refractivity contribution in [2.24, 2.45) is 5.73 Å². The van der Waals surface area contributed by atoms with Gasteiger partial charge in [-0.3, -0.25) is 0 Å². The molecule has 40 valence electrons. The van der Waals surface area contributed by atoms with Gasteiger partial charge < -0.3 is 5.73 Å². The molecular weight excluding hydrogens is 86.1 g/mol. The molecule has 0 aromatic heterocycles. The van der Waals surface area contributed by atoms with E-state index in [1.165, 1.54) is 0 Å². The van der Waals surface area contributed by atoms with E-state index in [1.54, 1.807) is 12.2 Å². The molecule has 0 aliphatic heterocycles. The zero-order valence-electron chi connectivity index (χ0n) is 4.43. The minimum atomic E-state index is 0.0949. The zero-order valence-corrected chi connectivity index (χ0v) is 4.43. The van der Waals surface area contributed by atoms with Gasteiger partial charge in [-0.2, -0.15) is 0 Å². The molecule has 0 amide bonds. The van der Waals surface area contributed by atoms with Crippen molar-refractivity contribution in [1.82, 2.24) is 0 Å². The third-order valence-corrected chi connectivity index (χ3v) is 0.742. The van der Waals surface area contributed by atoms with Crippen molar-refractivity contribution < 1.29 is 0 Å². The van der Waals surface area contributed by atoms with Crippen LogP contribution in [0.5, 0.6) is 0 Å². The van der Waals surface area contributed by atoms with E-state index >= 15 is 0 Å². The van der Waals surface area contributed by atoms with Crippen molar-refractivity contribution in [2.45, 2.75) is 12.5 Å². The predicted molar refractivity (Wildman–Crippen MR) is 33.0 cm³/mol. The highest BCUT2D eigenvalue weighted by Gasteiger charge is 1.86. The smallest absolute Gasteiger partial charge is 0.0256 e. The zero-order chi connectivity index (χ0) is 5.70. The molecule has 0 bridgehead atoms. The number of hydrogen-bond acceptors (Lipinski definition) is 1. The second-order valence-corrected chi connectivity index (χ2v) is 1.42. The SMILES string of the molecule is C=CC[C@@H](N)C=C. The summed E-state index contributed by atoms with van der Waals surface area (Å²) in [6.07, 6.45) is 4.32. The van der Waals surface area contributed by atoms with Crippen molar-refractivity contribution >= 4 is 0 Å². The molecule has 0 aliphatic rings. The highest BCUT2D eigenvalue weighted by molar-refractivity contribution is 4.87. The Balaban J connectivity index is 3.15. The van der Waals surface area contributed by atoms with Crippen molar-refractivity contribution in [3.8, 4) is 0 Å². The standard InChI is InChI=1S/C6H11N/c1-3-5-6(7)4-2/h3-4,6H,1-2,5,7H2/t6-/m0/s1. The van der Waals surface area contributed by atoms with E-state index in [0.717, 1.165) is 6.42 Å². The average molecular weight is 97.2 g/mol. The van der Waals surface area contributed by atoms with Gasteiger partial charge in [-0.1, -0.05) is 12.2 Å². The minimum Gasteiger partial charge on any atom is -0.324 e. The second-order valence-electron chi connectivity index (χ2n) is 1.42. The van der Waals surface area contributed by atoms with Crippen LogP contribution in [0.25, 0.3) is 0 Å². The van der Waals surface area contributed by atoms with E-state index in [-0.39, 0.29) is 6.04 Å². The van der Waals surface area contributed by atoms with Gasteiger partial charge in [-0.05, 0) is 6.42 Å². The van der Waals surface area contributed by atoms with E-state index < -0.39 is 0 Å². The molecule has 0 unspecified atom stereocenters. The van der Waals surface area contributed by atoms with Gasteiger partial charge in [-0.25, -0.2) is 0 Å². The molecule has 2 N–H and O–H groups in total. The molecule has 0 radical (unpaired) electrons. The predicted octanol–water partition coefficient (Wildman–Crippen LogP) is 1.08. The van der Waals surface area contributed by atoms with Gasteiger partial charge >= 0.3 is 0 Å². The molecule has 0 rings (SSSR count). The van der Waals surface area contributed by atoms with E-state index in [2.05, 4.69) is 13.2 Å². The van der Waals surface area contributed by atoms with E-state index in [1.807, 2.05) is 0 Å². The summed E-state index contributed by atoms with van der Waals surface area (Å²) < 4.78 is 0. The van der Waals surface area contributed by atoms with Crippen molar-refractivity contribution in [3.05, 3.63) is 25.3 Å². The van der Waals surface area contributed by atoms with Crippen LogP contribution in [0, 0.1) is 0 Å². The maximum absolute atomic E-state index is 5.39. The van der Waals surface area contributed by atoms with Crippen LogP contribution >= 0.6 is 0 Å². The second kappa shape index (κ2) is 3.62. The lowest BCUT2D eigenvalue weighted by Crippen LogP contribution is -2.14. The number of rotatable bonds is 3. The van der Waals surface area contributed by atoms with Crippen LogP contribution in [-0.2, 0) is 0 Å². The monoisotopic (exact) mass is 97.1 g/mol. The molecular formula is C6H11N. The van der Waals surface area contributed by atoms with Gasteiger partial charge in [0.15, 0.2) is 0 Å². The summed E-state index contributed by atoms with van der Waals surface area (Å²) in [6.45, 7) is 7.03. The van der Waals surface area contributed by atoms with Crippen LogP contribution in [0.4, 0.5) is 0 Å². The molecule has 0 saturated heterocycles. The fourth-order valence-electron chi connectivity index (χ4n) is 0.289. The molecule has 1 nitrogen and oxygen atoms in total. The summed E-state index contributed by atoms with van der Waals surface area (Å²) >= 11 is 0. The van der Waals surface area contributed by atoms with Crippen molar-refractivity contribution in [1.29, 1.82) is 0 Å². The maximum atomic E-state index is 5.39.